The van der Waals surface area contributed by atoms with Crippen molar-refractivity contribution < 1.29 is 14.4 Å². The van der Waals surface area contributed by atoms with E-state index in [4.69, 9.17) is 26.9 Å². The van der Waals surface area contributed by atoms with Crippen LogP contribution < -0.4 is 10.5 Å². The summed E-state index contributed by atoms with van der Waals surface area (Å²) in [6.45, 7) is 1.82. The van der Waals surface area contributed by atoms with Crippen LogP contribution in [0.15, 0.2) is 59.8 Å². The molecule has 1 atom stereocenters. The summed E-state index contributed by atoms with van der Waals surface area (Å²) >= 11 is 5.80. The average molecular weight is 333 g/mol. The molecule has 0 saturated carbocycles. The Morgan fingerprint density at radius 2 is 1.83 bits per heavy atom. The Hall–Kier alpha value is -2.53. The van der Waals surface area contributed by atoms with Gasteiger partial charge in [0.25, 0.3) is 0 Å². The maximum Gasteiger partial charge on any atom is 0.375 e. The molecule has 0 aliphatic carbocycles. The first-order valence-corrected chi connectivity index (χ1v) is 7.50. The van der Waals surface area contributed by atoms with Crippen LogP contribution in [0.5, 0.6) is 5.75 Å². The number of carbonyl (C=O) groups is 1. The van der Waals surface area contributed by atoms with Gasteiger partial charge in [-0.25, -0.2) is 4.79 Å². The fraction of sp³-hybridized carbons (Fsp3) is 0.176. The van der Waals surface area contributed by atoms with Crippen LogP contribution >= 0.6 is 11.6 Å². The number of benzene rings is 2. The summed E-state index contributed by atoms with van der Waals surface area (Å²) in [5, 5.41) is 4.24. The highest BCUT2D eigenvalue weighted by Crippen LogP contribution is 2.14. The van der Waals surface area contributed by atoms with Crippen LogP contribution in [0.1, 0.15) is 18.9 Å². The molecular formula is C17H17ClN2O3. The Labute approximate surface area is 139 Å². The van der Waals surface area contributed by atoms with E-state index in [2.05, 4.69) is 5.16 Å². The number of nitrogens with two attached hydrogens (primary N) is 1. The maximum atomic E-state index is 12.0. The number of amidine groups is 1. The summed E-state index contributed by atoms with van der Waals surface area (Å²) in [7, 11) is 0. The van der Waals surface area contributed by atoms with Crippen LogP contribution in [-0.4, -0.2) is 17.9 Å². The van der Waals surface area contributed by atoms with Gasteiger partial charge in [-0.1, -0.05) is 41.9 Å². The second-order valence-corrected chi connectivity index (χ2v) is 5.16. The summed E-state index contributed by atoms with van der Waals surface area (Å²) in [6, 6.07) is 15.8. The van der Waals surface area contributed by atoms with Crippen LogP contribution in [0, 0.1) is 0 Å². The summed E-state index contributed by atoms with van der Waals surface area (Å²) in [4.78, 5) is 16.9. The van der Waals surface area contributed by atoms with Gasteiger partial charge < -0.3 is 15.3 Å². The third-order valence-electron chi connectivity index (χ3n) is 3.03. The highest BCUT2D eigenvalue weighted by Gasteiger charge is 2.20. The van der Waals surface area contributed by atoms with E-state index in [1.54, 1.807) is 36.4 Å². The standard InChI is InChI=1S/C17H17ClN2O3/c1-2-15(22-14-6-4-3-5-7-14)17(21)23-20-16(19)12-8-10-13(18)11-9-12/h3-11,15H,2H2,1H3,(H2,19,20)/t15-/m1/s1. The van der Waals surface area contributed by atoms with Crippen molar-refractivity contribution in [3.05, 3.63) is 65.2 Å². The first kappa shape index (κ1) is 16.8. The second kappa shape index (κ2) is 8.19. The molecule has 0 aliphatic heterocycles. The van der Waals surface area contributed by atoms with Gasteiger partial charge in [-0.05, 0) is 42.8 Å². The van der Waals surface area contributed by atoms with E-state index in [-0.39, 0.29) is 5.84 Å². The molecule has 0 bridgehead atoms. The van der Waals surface area contributed by atoms with E-state index in [1.807, 2.05) is 25.1 Å². The number of hydrogen-bond acceptors (Lipinski definition) is 4. The summed E-state index contributed by atoms with van der Waals surface area (Å²) in [6.07, 6.45) is -0.302. The molecule has 2 aromatic carbocycles. The predicted octanol–water partition coefficient (Wildman–Crippen LogP) is 3.36. The van der Waals surface area contributed by atoms with E-state index < -0.39 is 12.1 Å². The van der Waals surface area contributed by atoms with Crippen LogP contribution in [0.2, 0.25) is 5.02 Å². The van der Waals surface area contributed by atoms with Crippen LogP contribution in [0.3, 0.4) is 0 Å². The van der Waals surface area contributed by atoms with E-state index in [1.165, 1.54) is 0 Å². The van der Waals surface area contributed by atoms with Gasteiger partial charge in [0.05, 0.1) is 0 Å². The van der Waals surface area contributed by atoms with Gasteiger partial charge >= 0.3 is 5.97 Å². The molecule has 0 heterocycles. The summed E-state index contributed by atoms with van der Waals surface area (Å²) in [5.41, 5.74) is 6.39. The fourth-order valence-electron chi connectivity index (χ4n) is 1.79. The maximum absolute atomic E-state index is 12.0. The van der Waals surface area contributed by atoms with Crippen molar-refractivity contribution in [2.45, 2.75) is 19.4 Å². The van der Waals surface area contributed by atoms with Gasteiger partial charge in [0.2, 0.25) is 0 Å². The zero-order valence-electron chi connectivity index (χ0n) is 12.6. The number of oxime groups is 1. The first-order chi connectivity index (χ1) is 11.1. The molecule has 0 fully saturated rings. The highest BCUT2D eigenvalue weighted by molar-refractivity contribution is 6.30. The van der Waals surface area contributed by atoms with Crippen LogP contribution in [-0.2, 0) is 9.63 Å². The van der Waals surface area contributed by atoms with Crippen molar-refractivity contribution in [2.24, 2.45) is 10.9 Å². The quantitative estimate of drug-likeness (QED) is 0.381. The number of para-hydroxylation sites is 1. The van der Waals surface area contributed by atoms with Gasteiger partial charge in [0.1, 0.15) is 5.75 Å². The normalized spacial score (nSPS) is 12.5. The molecule has 0 aliphatic rings. The van der Waals surface area contributed by atoms with E-state index in [9.17, 15) is 4.79 Å². The molecule has 2 N–H and O–H groups in total. The lowest BCUT2D eigenvalue weighted by atomic mass is 10.2. The SMILES string of the molecule is CC[C@@H](Oc1ccccc1)C(=O)O/N=C(/N)c1ccc(Cl)cc1. The minimum Gasteiger partial charge on any atom is -0.479 e. The molecule has 0 amide bonds. The average Bonchev–Trinajstić information content (AvgIpc) is 2.58. The Morgan fingerprint density at radius 3 is 2.43 bits per heavy atom. The largest absolute Gasteiger partial charge is 0.479 e. The number of carbonyl (C=O) groups excluding carboxylic acids is 1. The van der Waals surface area contributed by atoms with Crippen LogP contribution in [0.4, 0.5) is 0 Å². The lowest BCUT2D eigenvalue weighted by Crippen LogP contribution is -2.28. The van der Waals surface area contributed by atoms with Gasteiger partial charge in [-0.2, -0.15) is 0 Å². The van der Waals surface area contributed by atoms with Crippen molar-refractivity contribution in [2.75, 3.05) is 0 Å². The molecule has 2 aromatic rings. The molecule has 0 spiro atoms. The molecule has 0 aromatic heterocycles. The number of nitrogens with zero attached hydrogens (tertiary/aromatic N) is 1. The first-order valence-electron chi connectivity index (χ1n) is 7.12. The number of rotatable bonds is 6. The molecule has 0 saturated heterocycles. The molecule has 120 valence electrons. The molecule has 0 unspecified atom stereocenters. The van der Waals surface area contributed by atoms with Crippen molar-refractivity contribution in [3.63, 3.8) is 0 Å². The smallest absolute Gasteiger partial charge is 0.375 e. The fourth-order valence-corrected chi connectivity index (χ4v) is 1.91. The predicted molar refractivity (Wildman–Crippen MR) is 89.4 cm³/mol. The van der Waals surface area contributed by atoms with Crippen molar-refractivity contribution in [3.8, 4) is 5.75 Å². The van der Waals surface area contributed by atoms with Crippen molar-refractivity contribution in [1.29, 1.82) is 0 Å². The highest BCUT2D eigenvalue weighted by atomic mass is 35.5. The van der Waals surface area contributed by atoms with Gasteiger partial charge in [-0.3, -0.25) is 0 Å². The van der Waals surface area contributed by atoms with E-state index in [0.717, 1.165) is 0 Å². The minimum atomic E-state index is -0.751. The minimum absolute atomic E-state index is 0.0876. The zero-order chi connectivity index (χ0) is 16.7. The third-order valence-corrected chi connectivity index (χ3v) is 3.28. The molecule has 2 rings (SSSR count). The van der Waals surface area contributed by atoms with Crippen LogP contribution in [0.25, 0.3) is 0 Å². The Morgan fingerprint density at radius 1 is 1.17 bits per heavy atom. The summed E-state index contributed by atoms with van der Waals surface area (Å²) < 4.78 is 5.58. The number of hydrogen-bond donors (Lipinski definition) is 1. The lowest BCUT2D eigenvalue weighted by molar-refractivity contribution is -0.152. The molecule has 23 heavy (non-hydrogen) atoms. The van der Waals surface area contributed by atoms with E-state index in [0.29, 0.717) is 22.8 Å². The molecule has 5 nitrogen and oxygen atoms in total. The van der Waals surface area contributed by atoms with Crippen molar-refractivity contribution >= 4 is 23.4 Å². The monoisotopic (exact) mass is 332 g/mol. The Bertz CT molecular complexity index is 672. The van der Waals surface area contributed by atoms with Gasteiger partial charge in [0, 0.05) is 10.6 Å². The topological polar surface area (TPSA) is 73.9 Å². The number of halogens is 1. The van der Waals surface area contributed by atoms with Gasteiger partial charge in [-0.15, -0.1) is 0 Å². The van der Waals surface area contributed by atoms with Crippen molar-refractivity contribution in [1.82, 2.24) is 0 Å². The number of ether oxygens (including phenoxy) is 1. The third kappa shape index (κ3) is 5.00. The van der Waals surface area contributed by atoms with Gasteiger partial charge in [0.15, 0.2) is 11.9 Å². The molecule has 0 radical (unpaired) electrons. The Kier molecular flexibility index (Phi) is 6.00. The Balaban J connectivity index is 1.98. The zero-order valence-corrected chi connectivity index (χ0v) is 13.4. The molecular weight excluding hydrogens is 316 g/mol. The molecule has 6 heteroatoms. The lowest BCUT2D eigenvalue weighted by Gasteiger charge is -2.14. The summed E-state index contributed by atoms with van der Waals surface area (Å²) in [5.74, 6) is 0.0730. The van der Waals surface area contributed by atoms with E-state index >= 15 is 0 Å². The second-order valence-electron chi connectivity index (χ2n) is 4.72.